The normalized spacial score (nSPS) is 12.3. The van der Waals surface area contributed by atoms with Crippen molar-refractivity contribution in [3.63, 3.8) is 0 Å². The van der Waals surface area contributed by atoms with Crippen LogP contribution in [0.15, 0.2) is 5.16 Å². The third-order valence-electron chi connectivity index (χ3n) is 2.21. The number of nitrogens with one attached hydrogen (secondary N) is 1. The van der Waals surface area contributed by atoms with Gasteiger partial charge >= 0.3 is 18.0 Å². The number of aliphatic carboxylic acids is 1. The fraction of sp³-hybridized carbons (Fsp3) is 0.600. The maximum atomic E-state index is 11.7. The van der Waals surface area contributed by atoms with Crippen molar-refractivity contribution in [2.45, 2.75) is 52.7 Å². The maximum absolute atomic E-state index is 11.7. The van der Waals surface area contributed by atoms with Crippen LogP contribution < -0.4 is 5.32 Å². The Labute approximate surface area is 159 Å². The summed E-state index contributed by atoms with van der Waals surface area (Å²) >= 11 is 0.733. The molecule has 0 saturated carbocycles. The Balaban J connectivity index is 2.76. The number of carboxylic acid groups (broad SMARTS) is 1. The van der Waals surface area contributed by atoms with E-state index in [0.717, 1.165) is 11.5 Å². The van der Waals surface area contributed by atoms with Crippen molar-refractivity contribution in [2.75, 3.05) is 11.9 Å². The largest absolute Gasteiger partial charge is 0.476 e. The first-order valence-corrected chi connectivity index (χ1v) is 8.53. The van der Waals surface area contributed by atoms with Crippen LogP contribution in [-0.2, 0) is 23.9 Å². The highest BCUT2D eigenvalue weighted by molar-refractivity contribution is 7.10. The molecule has 12 heteroatoms. The van der Waals surface area contributed by atoms with Gasteiger partial charge in [0.05, 0.1) is 0 Å². The van der Waals surface area contributed by atoms with Crippen LogP contribution in [0.1, 0.15) is 47.4 Å². The second-order valence-electron chi connectivity index (χ2n) is 7.15. The van der Waals surface area contributed by atoms with Crippen molar-refractivity contribution >= 4 is 40.4 Å². The molecule has 150 valence electrons. The van der Waals surface area contributed by atoms with Crippen LogP contribution in [0.4, 0.5) is 9.93 Å². The summed E-state index contributed by atoms with van der Waals surface area (Å²) in [5.41, 5.74) is -2.05. The highest BCUT2D eigenvalue weighted by Crippen LogP contribution is 2.15. The van der Waals surface area contributed by atoms with Crippen LogP contribution in [0.5, 0.6) is 0 Å². The zero-order valence-corrected chi connectivity index (χ0v) is 16.7. The summed E-state index contributed by atoms with van der Waals surface area (Å²) in [6.45, 7) is 9.51. The predicted octanol–water partition coefficient (Wildman–Crippen LogP) is 2.03. The molecule has 0 bridgehead atoms. The van der Waals surface area contributed by atoms with Gasteiger partial charge in [-0.3, -0.25) is 5.32 Å². The van der Waals surface area contributed by atoms with E-state index in [4.69, 9.17) is 14.3 Å². The molecule has 27 heavy (non-hydrogen) atoms. The van der Waals surface area contributed by atoms with Crippen molar-refractivity contribution in [3.05, 3.63) is 5.82 Å². The number of anilines is 1. The molecule has 0 aliphatic carbocycles. The number of oxime groups is 1. The minimum Gasteiger partial charge on any atom is -0.476 e. The summed E-state index contributed by atoms with van der Waals surface area (Å²) in [7, 11) is 0. The van der Waals surface area contributed by atoms with Crippen molar-refractivity contribution < 1.29 is 33.8 Å². The maximum Gasteiger partial charge on any atom is 0.414 e. The van der Waals surface area contributed by atoms with Gasteiger partial charge in [0.15, 0.2) is 0 Å². The molecule has 0 fully saturated rings. The molecule has 0 radical (unpaired) electrons. The second kappa shape index (κ2) is 8.75. The van der Waals surface area contributed by atoms with E-state index in [9.17, 15) is 19.5 Å². The number of carbonyl (C=O) groups excluding carboxylic acids is 2. The Morgan fingerprint density at radius 1 is 1.11 bits per heavy atom. The average molecular weight is 402 g/mol. The van der Waals surface area contributed by atoms with Crippen molar-refractivity contribution in [2.24, 2.45) is 5.16 Å². The molecular formula is C15H22N4O7S. The van der Waals surface area contributed by atoms with Crippen molar-refractivity contribution in [3.8, 4) is 0 Å². The number of nitrogens with zero attached hydrogens (tertiary/aromatic N) is 3. The predicted molar refractivity (Wildman–Crippen MR) is 95.7 cm³/mol. The molecule has 0 atom stereocenters. The monoisotopic (exact) mass is 402 g/mol. The van der Waals surface area contributed by atoms with E-state index < -0.39 is 41.6 Å². The molecule has 0 unspecified atom stereocenters. The fourth-order valence-electron chi connectivity index (χ4n) is 1.46. The molecule has 0 aromatic carbocycles. The smallest absolute Gasteiger partial charge is 0.414 e. The highest BCUT2D eigenvalue weighted by Gasteiger charge is 2.23. The van der Waals surface area contributed by atoms with Crippen molar-refractivity contribution in [1.82, 2.24) is 9.36 Å². The molecule has 1 aromatic rings. The lowest BCUT2D eigenvalue weighted by Gasteiger charge is -2.18. The molecule has 0 aliphatic heterocycles. The number of carboxylic acids is 1. The topological polar surface area (TPSA) is 149 Å². The second-order valence-corrected chi connectivity index (χ2v) is 7.91. The van der Waals surface area contributed by atoms with Gasteiger partial charge in [0.2, 0.25) is 23.3 Å². The average Bonchev–Trinajstić information content (AvgIpc) is 2.86. The van der Waals surface area contributed by atoms with E-state index in [0.29, 0.717) is 0 Å². The number of carbonyl (C=O) groups is 3. The molecular weight excluding hydrogens is 380 g/mol. The molecule has 11 nitrogen and oxygen atoms in total. The molecule has 0 spiro atoms. The lowest BCUT2D eigenvalue weighted by Crippen LogP contribution is -2.27. The van der Waals surface area contributed by atoms with Gasteiger partial charge in [0.1, 0.15) is 11.2 Å². The summed E-state index contributed by atoms with van der Waals surface area (Å²) in [6, 6.07) is 0. The summed E-state index contributed by atoms with van der Waals surface area (Å²) in [5, 5.41) is 14.9. The van der Waals surface area contributed by atoms with Gasteiger partial charge < -0.3 is 19.4 Å². The number of ether oxygens (including phenoxy) is 2. The summed E-state index contributed by atoms with van der Waals surface area (Å²) < 4.78 is 13.9. The quantitative estimate of drug-likeness (QED) is 0.414. The van der Waals surface area contributed by atoms with Gasteiger partial charge in [-0.1, -0.05) is 5.16 Å². The molecule has 1 amide bonds. The highest BCUT2D eigenvalue weighted by atomic mass is 32.1. The summed E-state index contributed by atoms with van der Waals surface area (Å²) in [6.07, 6.45) is -0.764. The Hall–Kier alpha value is -2.76. The van der Waals surface area contributed by atoms with Crippen LogP contribution in [0.2, 0.25) is 0 Å². The minimum absolute atomic E-state index is 0.0142. The van der Waals surface area contributed by atoms with Gasteiger partial charge in [-0.25, -0.2) is 14.4 Å². The van der Waals surface area contributed by atoms with Crippen molar-refractivity contribution in [1.29, 1.82) is 0 Å². The molecule has 0 saturated heterocycles. The number of aromatic nitrogens is 2. The number of rotatable bonds is 6. The van der Waals surface area contributed by atoms with Gasteiger partial charge in [0.25, 0.3) is 0 Å². The van der Waals surface area contributed by atoms with E-state index in [1.54, 1.807) is 41.5 Å². The Morgan fingerprint density at radius 3 is 2.22 bits per heavy atom. The molecule has 1 aromatic heterocycles. The van der Waals surface area contributed by atoms with E-state index in [2.05, 4.69) is 19.8 Å². The first-order chi connectivity index (χ1) is 12.3. The Kier molecular flexibility index (Phi) is 7.22. The molecule has 1 heterocycles. The Morgan fingerprint density at radius 2 is 1.70 bits per heavy atom. The zero-order chi connectivity index (χ0) is 20.8. The van der Waals surface area contributed by atoms with Gasteiger partial charge in [-0.15, -0.1) is 0 Å². The van der Waals surface area contributed by atoms with Crippen LogP contribution in [0.3, 0.4) is 0 Å². The van der Waals surface area contributed by atoms with Crippen LogP contribution in [0.25, 0.3) is 0 Å². The molecule has 0 aliphatic rings. The third-order valence-corrected chi connectivity index (χ3v) is 2.84. The van der Waals surface area contributed by atoms with E-state index in [-0.39, 0.29) is 11.0 Å². The number of amides is 1. The van der Waals surface area contributed by atoms with E-state index >= 15 is 0 Å². The minimum atomic E-state index is -1.47. The zero-order valence-electron chi connectivity index (χ0n) is 15.9. The van der Waals surface area contributed by atoms with Crippen LogP contribution >= 0.6 is 11.5 Å². The standard InChI is InChI=1S/C15H22N4O7S/c1-14(2,3)25-8(20)7-24-18-9(11(21)22)10-16-12(27-19-10)17-13(23)26-15(4,5)6/h7H2,1-6H3,(H,21,22)(H,16,17,19,23). The first-order valence-electron chi connectivity index (χ1n) is 7.76. The van der Waals surface area contributed by atoms with Gasteiger partial charge in [0, 0.05) is 11.5 Å². The van der Waals surface area contributed by atoms with Gasteiger partial charge in [-0.05, 0) is 41.5 Å². The summed E-state index contributed by atoms with van der Waals surface area (Å²) in [5.74, 6) is -2.47. The Bertz CT molecular complexity index is 731. The fourth-order valence-corrected chi connectivity index (χ4v) is 2.01. The number of hydrogen-bond acceptors (Lipinski definition) is 10. The number of hydrogen-bond donors (Lipinski definition) is 2. The summed E-state index contributed by atoms with van der Waals surface area (Å²) in [4.78, 5) is 43.1. The number of esters is 1. The lowest BCUT2D eigenvalue weighted by atomic mass is 10.2. The van der Waals surface area contributed by atoms with Crippen LogP contribution in [0, 0.1) is 0 Å². The van der Waals surface area contributed by atoms with Gasteiger partial charge in [-0.2, -0.15) is 9.36 Å². The lowest BCUT2D eigenvalue weighted by molar-refractivity contribution is -0.160. The third kappa shape index (κ3) is 8.94. The van der Waals surface area contributed by atoms with Crippen LogP contribution in [-0.4, -0.2) is 56.0 Å². The molecule has 1 rings (SSSR count). The van der Waals surface area contributed by atoms with E-state index in [1.165, 1.54) is 0 Å². The molecule has 2 N–H and O–H groups in total. The first kappa shape index (κ1) is 22.3. The van der Waals surface area contributed by atoms with E-state index in [1.807, 2.05) is 0 Å². The SMILES string of the molecule is CC(C)(C)OC(=O)CON=C(C(=O)O)c1nsc(NC(=O)OC(C)(C)C)n1.